The van der Waals surface area contributed by atoms with Crippen molar-refractivity contribution < 1.29 is 4.74 Å². The summed E-state index contributed by atoms with van der Waals surface area (Å²) in [5.41, 5.74) is 1.93. The summed E-state index contributed by atoms with van der Waals surface area (Å²) in [6, 6.07) is 0. The largest absolute Gasteiger partial charge is 0.381 e. The highest BCUT2D eigenvalue weighted by Crippen LogP contribution is 2.64. The zero-order chi connectivity index (χ0) is 12.0. The molecular formula is C16H26O. The molecule has 0 radical (unpaired) electrons. The smallest absolute Gasteiger partial charge is 0.0673 e. The maximum absolute atomic E-state index is 5.79. The van der Waals surface area contributed by atoms with Gasteiger partial charge in [-0.2, -0.15) is 0 Å². The molecule has 0 aromatic carbocycles. The van der Waals surface area contributed by atoms with E-state index < -0.39 is 0 Å². The lowest BCUT2D eigenvalue weighted by Crippen LogP contribution is -2.37. The number of hydrogen-bond acceptors (Lipinski definition) is 1. The van der Waals surface area contributed by atoms with Crippen LogP contribution >= 0.6 is 0 Å². The fraction of sp³-hybridized carbons (Fsp3) is 0.875. The molecule has 0 N–H and O–H groups in total. The Morgan fingerprint density at radius 3 is 2.41 bits per heavy atom. The zero-order valence-electron chi connectivity index (χ0n) is 11.4. The molecule has 3 aliphatic rings. The third-order valence-electron chi connectivity index (χ3n) is 6.22. The van der Waals surface area contributed by atoms with E-state index >= 15 is 0 Å². The van der Waals surface area contributed by atoms with Crippen LogP contribution in [0.4, 0.5) is 0 Å². The van der Waals surface area contributed by atoms with E-state index in [2.05, 4.69) is 13.5 Å². The number of methoxy groups -OCH3 is 1. The Balaban J connectivity index is 1.88. The second-order valence-corrected chi connectivity index (χ2v) is 6.63. The lowest BCUT2D eigenvalue weighted by Gasteiger charge is -2.44. The third kappa shape index (κ3) is 1.47. The first-order valence-electron chi connectivity index (χ1n) is 7.41. The van der Waals surface area contributed by atoms with Crippen molar-refractivity contribution in [2.45, 2.75) is 58.0 Å². The van der Waals surface area contributed by atoms with E-state index in [9.17, 15) is 0 Å². The predicted molar refractivity (Wildman–Crippen MR) is 70.8 cm³/mol. The summed E-state index contributed by atoms with van der Waals surface area (Å²) in [5.74, 6) is 2.31. The Bertz CT molecular complexity index is 315. The summed E-state index contributed by atoms with van der Waals surface area (Å²) in [7, 11) is 1.90. The molecule has 3 fully saturated rings. The lowest BCUT2D eigenvalue weighted by atomic mass is 9.60. The maximum atomic E-state index is 5.79. The fourth-order valence-corrected chi connectivity index (χ4v) is 5.22. The quantitative estimate of drug-likeness (QED) is 0.651. The molecule has 1 heteroatoms. The first-order chi connectivity index (χ1) is 8.19. The highest BCUT2D eigenvalue weighted by atomic mass is 16.5. The minimum Gasteiger partial charge on any atom is -0.381 e. The van der Waals surface area contributed by atoms with Gasteiger partial charge in [0.1, 0.15) is 0 Å². The first-order valence-corrected chi connectivity index (χ1v) is 7.41. The molecule has 0 aliphatic heterocycles. The number of ether oxygens (including phenoxy) is 1. The number of fused-ring (bicyclic) bond motifs is 2. The second-order valence-electron chi connectivity index (χ2n) is 6.63. The van der Waals surface area contributed by atoms with Crippen LogP contribution < -0.4 is 0 Å². The van der Waals surface area contributed by atoms with E-state index in [1.54, 1.807) is 0 Å². The van der Waals surface area contributed by atoms with Gasteiger partial charge in [-0.25, -0.2) is 0 Å². The van der Waals surface area contributed by atoms with Crippen LogP contribution in [0.5, 0.6) is 0 Å². The van der Waals surface area contributed by atoms with Gasteiger partial charge in [-0.1, -0.05) is 38.3 Å². The summed E-state index contributed by atoms with van der Waals surface area (Å²) < 4.78 is 5.79. The molecule has 0 aromatic rings. The van der Waals surface area contributed by atoms with Crippen LogP contribution in [0.1, 0.15) is 51.9 Å². The van der Waals surface area contributed by atoms with E-state index in [0.29, 0.717) is 17.4 Å². The molecule has 1 nitrogen and oxygen atoms in total. The number of hydrogen-bond donors (Lipinski definition) is 0. The summed E-state index contributed by atoms with van der Waals surface area (Å²) in [5, 5.41) is 0. The molecule has 0 saturated heterocycles. The Morgan fingerprint density at radius 2 is 1.82 bits per heavy atom. The van der Waals surface area contributed by atoms with Crippen molar-refractivity contribution in [3.63, 3.8) is 0 Å². The Kier molecular flexibility index (Phi) is 2.85. The molecule has 3 aliphatic carbocycles. The van der Waals surface area contributed by atoms with Crippen LogP contribution in [0.2, 0.25) is 0 Å². The predicted octanol–water partition coefficient (Wildman–Crippen LogP) is 4.18. The van der Waals surface area contributed by atoms with E-state index in [0.717, 1.165) is 11.8 Å². The minimum atomic E-state index is 0.393. The maximum Gasteiger partial charge on any atom is 0.0673 e. The van der Waals surface area contributed by atoms with Crippen LogP contribution in [-0.2, 0) is 4.74 Å². The lowest BCUT2D eigenvalue weighted by molar-refractivity contribution is 0.0239. The summed E-state index contributed by atoms with van der Waals surface area (Å²) in [6.07, 6.45) is 10.3. The topological polar surface area (TPSA) is 9.23 Å². The Labute approximate surface area is 106 Å². The average molecular weight is 234 g/mol. The molecular weight excluding hydrogens is 208 g/mol. The van der Waals surface area contributed by atoms with Crippen LogP contribution in [0.25, 0.3) is 0 Å². The molecule has 4 atom stereocenters. The third-order valence-corrected chi connectivity index (χ3v) is 6.22. The molecule has 17 heavy (non-hydrogen) atoms. The zero-order valence-corrected chi connectivity index (χ0v) is 11.4. The van der Waals surface area contributed by atoms with Gasteiger partial charge in [0.25, 0.3) is 0 Å². The molecule has 3 rings (SSSR count). The fourth-order valence-electron chi connectivity index (χ4n) is 5.22. The molecule has 0 heterocycles. The highest BCUT2D eigenvalue weighted by Gasteiger charge is 2.59. The van der Waals surface area contributed by atoms with Gasteiger partial charge in [-0.3, -0.25) is 0 Å². The van der Waals surface area contributed by atoms with Crippen molar-refractivity contribution in [3.8, 4) is 0 Å². The molecule has 0 amide bonds. The van der Waals surface area contributed by atoms with Gasteiger partial charge in [0.2, 0.25) is 0 Å². The van der Waals surface area contributed by atoms with Crippen LogP contribution in [0, 0.1) is 23.2 Å². The summed E-state index contributed by atoms with van der Waals surface area (Å²) in [4.78, 5) is 0. The molecule has 96 valence electrons. The molecule has 4 unspecified atom stereocenters. The SMILES string of the molecule is C=C1C2CCC(C2OC)C1(C)C1CCCCC1. The van der Waals surface area contributed by atoms with Gasteiger partial charge in [-0.15, -0.1) is 0 Å². The van der Waals surface area contributed by atoms with Crippen molar-refractivity contribution in [2.75, 3.05) is 7.11 Å². The average Bonchev–Trinajstić information content (AvgIpc) is 2.88. The van der Waals surface area contributed by atoms with Crippen molar-refractivity contribution in [3.05, 3.63) is 12.2 Å². The summed E-state index contributed by atoms with van der Waals surface area (Å²) in [6.45, 7) is 6.98. The van der Waals surface area contributed by atoms with E-state index in [1.165, 1.54) is 50.5 Å². The van der Waals surface area contributed by atoms with Gasteiger partial charge >= 0.3 is 0 Å². The van der Waals surface area contributed by atoms with Crippen LogP contribution in [0.15, 0.2) is 12.2 Å². The van der Waals surface area contributed by atoms with Gasteiger partial charge in [0.05, 0.1) is 6.10 Å². The van der Waals surface area contributed by atoms with E-state index in [1.807, 2.05) is 7.11 Å². The molecule has 2 bridgehead atoms. The van der Waals surface area contributed by atoms with Crippen LogP contribution in [0.3, 0.4) is 0 Å². The standard InChI is InChI=1S/C16H26O/c1-11-13-9-10-14(15(13)17-3)16(11,2)12-7-5-4-6-8-12/h12-15H,1,4-10H2,2-3H3. The van der Waals surface area contributed by atoms with E-state index in [-0.39, 0.29) is 0 Å². The van der Waals surface area contributed by atoms with Crippen LogP contribution in [-0.4, -0.2) is 13.2 Å². The minimum absolute atomic E-state index is 0.393. The molecule has 0 aromatic heterocycles. The van der Waals surface area contributed by atoms with Crippen molar-refractivity contribution in [1.29, 1.82) is 0 Å². The molecule has 0 spiro atoms. The van der Waals surface area contributed by atoms with Gasteiger partial charge in [-0.05, 0) is 42.9 Å². The second kappa shape index (κ2) is 4.12. The van der Waals surface area contributed by atoms with Crippen molar-refractivity contribution >= 4 is 0 Å². The monoisotopic (exact) mass is 234 g/mol. The Hall–Kier alpha value is -0.300. The van der Waals surface area contributed by atoms with Crippen molar-refractivity contribution in [2.24, 2.45) is 23.2 Å². The van der Waals surface area contributed by atoms with Gasteiger partial charge in [0.15, 0.2) is 0 Å². The highest BCUT2D eigenvalue weighted by molar-refractivity contribution is 5.29. The Morgan fingerprint density at radius 1 is 1.12 bits per heavy atom. The van der Waals surface area contributed by atoms with E-state index in [4.69, 9.17) is 4.74 Å². The first kappa shape index (κ1) is 11.8. The molecule has 3 saturated carbocycles. The number of rotatable bonds is 2. The van der Waals surface area contributed by atoms with Gasteiger partial charge in [0, 0.05) is 13.0 Å². The summed E-state index contributed by atoms with van der Waals surface area (Å²) >= 11 is 0. The van der Waals surface area contributed by atoms with Gasteiger partial charge < -0.3 is 4.74 Å². The normalized spacial score (nSPS) is 46.7. The van der Waals surface area contributed by atoms with Crippen molar-refractivity contribution in [1.82, 2.24) is 0 Å².